The molecule has 0 saturated carbocycles. The van der Waals surface area contributed by atoms with E-state index in [9.17, 15) is 4.79 Å². The lowest BCUT2D eigenvalue weighted by molar-refractivity contribution is -0.123. The van der Waals surface area contributed by atoms with Crippen molar-refractivity contribution in [2.75, 3.05) is 45.9 Å². The SMILES string of the molecule is CCNC(=NCCNC(=O)C(C)C)N1CCCC2(CCCOC2)C1.I. The minimum absolute atomic E-state index is 0. The average Bonchev–Trinajstić information content (AvgIpc) is 2.58. The van der Waals surface area contributed by atoms with Crippen molar-refractivity contribution in [3.05, 3.63) is 0 Å². The molecule has 2 fully saturated rings. The number of amides is 1. The number of ether oxygens (including phenoxy) is 1. The number of halogens is 1. The number of carbonyl (C=O) groups is 1. The molecule has 0 aromatic heterocycles. The maximum atomic E-state index is 11.6. The van der Waals surface area contributed by atoms with Crippen LogP contribution in [0.3, 0.4) is 0 Å². The van der Waals surface area contributed by atoms with Gasteiger partial charge in [-0.15, -0.1) is 24.0 Å². The third-order valence-corrected chi connectivity index (χ3v) is 4.90. The molecular weight excluding hydrogens is 431 g/mol. The fourth-order valence-electron chi connectivity index (χ4n) is 3.59. The molecule has 146 valence electrons. The number of hydrogen-bond donors (Lipinski definition) is 2. The highest BCUT2D eigenvalue weighted by atomic mass is 127. The van der Waals surface area contributed by atoms with Gasteiger partial charge in [-0.2, -0.15) is 0 Å². The van der Waals surface area contributed by atoms with Crippen molar-refractivity contribution in [3.63, 3.8) is 0 Å². The summed E-state index contributed by atoms with van der Waals surface area (Å²) in [6.45, 7) is 11.8. The first kappa shape index (κ1) is 22.5. The van der Waals surface area contributed by atoms with Gasteiger partial charge in [-0.1, -0.05) is 13.8 Å². The van der Waals surface area contributed by atoms with Crippen LogP contribution in [0.4, 0.5) is 0 Å². The molecule has 25 heavy (non-hydrogen) atoms. The van der Waals surface area contributed by atoms with Crippen molar-refractivity contribution in [1.82, 2.24) is 15.5 Å². The van der Waals surface area contributed by atoms with Crippen LogP contribution in [0.1, 0.15) is 46.5 Å². The molecular formula is C18H35IN4O2. The molecule has 0 aromatic rings. The van der Waals surface area contributed by atoms with Gasteiger partial charge in [0.25, 0.3) is 0 Å². The van der Waals surface area contributed by atoms with E-state index < -0.39 is 0 Å². The van der Waals surface area contributed by atoms with E-state index in [0.717, 1.165) is 38.8 Å². The third-order valence-electron chi connectivity index (χ3n) is 4.90. The molecule has 0 aromatic carbocycles. The van der Waals surface area contributed by atoms with E-state index in [1.54, 1.807) is 0 Å². The average molecular weight is 466 g/mol. The lowest BCUT2D eigenvalue weighted by Crippen LogP contribution is -2.53. The summed E-state index contributed by atoms with van der Waals surface area (Å²) < 4.78 is 5.76. The van der Waals surface area contributed by atoms with Crippen LogP contribution in [0.25, 0.3) is 0 Å². The molecule has 1 unspecified atom stereocenters. The number of rotatable bonds is 5. The van der Waals surface area contributed by atoms with Crippen molar-refractivity contribution in [2.45, 2.75) is 46.5 Å². The fraction of sp³-hybridized carbons (Fsp3) is 0.889. The van der Waals surface area contributed by atoms with E-state index >= 15 is 0 Å². The molecule has 1 atom stereocenters. The monoisotopic (exact) mass is 466 g/mol. The third kappa shape index (κ3) is 6.92. The minimum atomic E-state index is 0. The summed E-state index contributed by atoms with van der Waals surface area (Å²) in [5.41, 5.74) is 0.304. The Morgan fingerprint density at radius 3 is 2.68 bits per heavy atom. The zero-order valence-corrected chi connectivity index (χ0v) is 18.3. The number of carbonyl (C=O) groups excluding carboxylic acids is 1. The van der Waals surface area contributed by atoms with Gasteiger partial charge in [0.05, 0.1) is 13.2 Å². The minimum Gasteiger partial charge on any atom is -0.381 e. The Bertz CT molecular complexity index is 431. The number of piperidine rings is 1. The standard InChI is InChI=1S/C18H34N4O2.HI/c1-4-19-17(21-10-9-20-16(23)15(2)3)22-11-5-7-18(13-22)8-6-12-24-14-18;/h15H,4-14H2,1-3H3,(H,19,21)(H,20,23);1H. The van der Waals surface area contributed by atoms with Gasteiger partial charge in [0.15, 0.2) is 5.96 Å². The van der Waals surface area contributed by atoms with Gasteiger partial charge in [-0.25, -0.2) is 0 Å². The molecule has 6 nitrogen and oxygen atoms in total. The topological polar surface area (TPSA) is 66.0 Å². The molecule has 2 rings (SSSR count). The Labute approximate surface area is 169 Å². The van der Waals surface area contributed by atoms with Crippen LogP contribution in [0.2, 0.25) is 0 Å². The number of hydrogen-bond acceptors (Lipinski definition) is 3. The quantitative estimate of drug-likeness (QED) is 0.282. The Balaban J connectivity index is 0.00000312. The van der Waals surface area contributed by atoms with Gasteiger partial charge in [-0.05, 0) is 32.6 Å². The Hall–Kier alpha value is -0.570. The second kappa shape index (κ2) is 11.2. The van der Waals surface area contributed by atoms with Crippen molar-refractivity contribution < 1.29 is 9.53 Å². The Morgan fingerprint density at radius 1 is 1.28 bits per heavy atom. The van der Waals surface area contributed by atoms with Gasteiger partial charge >= 0.3 is 0 Å². The maximum absolute atomic E-state index is 11.6. The van der Waals surface area contributed by atoms with Crippen LogP contribution in [0.15, 0.2) is 4.99 Å². The Morgan fingerprint density at radius 2 is 2.04 bits per heavy atom. The smallest absolute Gasteiger partial charge is 0.222 e. The van der Waals surface area contributed by atoms with Crippen LogP contribution in [-0.2, 0) is 9.53 Å². The highest BCUT2D eigenvalue weighted by molar-refractivity contribution is 14.0. The number of nitrogens with one attached hydrogen (secondary N) is 2. The lowest BCUT2D eigenvalue weighted by Gasteiger charge is -2.45. The van der Waals surface area contributed by atoms with Crippen molar-refractivity contribution >= 4 is 35.8 Å². The molecule has 7 heteroatoms. The fourth-order valence-corrected chi connectivity index (χ4v) is 3.59. The summed E-state index contributed by atoms with van der Waals surface area (Å²) in [5.74, 6) is 1.09. The summed E-state index contributed by atoms with van der Waals surface area (Å²) in [5, 5.41) is 6.33. The van der Waals surface area contributed by atoms with E-state index in [2.05, 4.69) is 22.5 Å². The molecule has 2 aliphatic heterocycles. The zero-order valence-electron chi connectivity index (χ0n) is 16.0. The second-order valence-corrected chi connectivity index (χ2v) is 7.36. The molecule has 0 bridgehead atoms. The van der Waals surface area contributed by atoms with Crippen LogP contribution >= 0.6 is 24.0 Å². The summed E-state index contributed by atoms with van der Waals surface area (Å²) in [6, 6.07) is 0. The molecule has 0 aliphatic carbocycles. The first-order valence-electron chi connectivity index (χ1n) is 9.45. The van der Waals surface area contributed by atoms with Crippen LogP contribution in [0, 0.1) is 11.3 Å². The largest absolute Gasteiger partial charge is 0.381 e. The first-order chi connectivity index (χ1) is 11.6. The number of guanidine groups is 1. The maximum Gasteiger partial charge on any atom is 0.222 e. The van der Waals surface area contributed by atoms with Crippen molar-refractivity contribution in [3.8, 4) is 0 Å². The number of aliphatic imine (C=N–C) groups is 1. The molecule has 0 radical (unpaired) electrons. The van der Waals surface area contributed by atoms with Gasteiger partial charge < -0.3 is 20.3 Å². The molecule has 2 N–H and O–H groups in total. The highest BCUT2D eigenvalue weighted by Crippen LogP contribution is 2.37. The predicted octanol–water partition coefficient (Wildman–Crippen LogP) is 2.23. The van der Waals surface area contributed by atoms with Crippen LogP contribution in [0.5, 0.6) is 0 Å². The molecule has 2 saturated heterocycles. The normalized spacial score (nSPS) is 24.2. The molecule has 1 spiro atoms. The number of likely N-dealkylation sites (tertiary alicyclic amines) is 1. The van der Waals surface area contributed by atoms with Crippen molar-refractivity contribution in [1.29, 1.82) is 0 Å². The predicted molar refractivity (Wildman–Crippen MR) is 113 cm³/mol. The second-order valence-electron chi connectivity index (χ2n) is 7.36. The van der Waals surface area contributed by atoms with E-state index in [0.29, 0.717) is 18.5 Å². The molecule has 2 heterocycles. The van der Waals surface area contributed by atoms with Gasteiger partial charge in [0.2, 0.25) is 5.91 Å². The first-order valence-corrected chi connectivity index (χ1v) is 9.45. The summed E-state index contributed by atoms with van der Waals surface area (Å²) in [6.07, 6.45) is 4.88. The lowest BCUT2D eigenvalue weighted by atomic mass is 9.76. The zero-order chi connectivity index (χ0) is 17.4. The van der Waals surface area contributed by atoms with E-state index in [-0.39, 0.29) is 35.8 Å². The summed E-state index contributed by atoms with van der Waals surface area (Å²) in [4.78, 5) is 18.7. The van der Waals surface area contributed by atoms with E-state index in [1.807, 2.05) is 13.8 Å². The van der Waals surface area contributed by atoms with Gasteiger partial charge in [-0.3, -0.25) is 9.79 Å². The highest BCUT2D eigenvalue weighted by Gasteiger charge is 2.38. The van der Waals surface area contributed by atoms with Gasteiger partial charge in [0, 0.05) is 44.1 Å². The number of nitrogens with zero attached hydrogens (tertiary/aromatic N) is 2. The van der Waals surface area contributed by atoms with Gasteiger partial charge in [0.1, 0.15) is 0 Å². The molecule has 2 aliphatic rings. The van der Waals surface area contributed by atoms with E-state index in [4.69, 9.17) is 9.73 Å². The van der Waals surface area contributed by atoms with Crippen LogP contribution < -0.4 is 10.6 Å². The Kier molecular flexibility index (Phi) is 10.1. The van der Waals surface area contributed by atoms with Crippen molar-refractivity contribution in [2.24, 2.45) is 16.3 Å². The van der Waals surface area contributed by atoms with Crippen LogP contribution in [-0.4, -0.2) is 62.7 Å². The summed E-state index contributed by atoms with van der Waals surface area (Å²) in [7, 11) is 0. The van der Waals surface area contributed by atoms with E-state index in [1.165, 1.54) is 25.7 Å². The summed E-state index contributed by atoms with van der Waals surface area (Å²) >= 11 is 0. The molecule has 1 amide bonds.